The van der Waals surface area contributed by atoms with Crippen LogP contribution >= 0.6 is 11.8 Å². The van der Waals surface area contributed by atoms with Gasteiger partial charge in [-0.2, -0.15) is 0 Å². The van der Waals surface area contributed by atoms with Crippen LogP contribution in [0.25, 0.3) is 0 Å². The summed E-state index contributed by atoms with van der Waals surface area (Å²) < 4.78 is 5.36. The Bertz CT molecular complexity index is 546. The molecule has 0 N–H and O–H groups in total. The topological polar surface area (TPSA) is 51.1 Å². The molecule has 2 aromatic heterocycles. The predicted molar refractivity (Wildman–Crippen MR) is 78.9 cm³/mol. The molecule has 0 radical (unpaired) electrons. The van der Waals surface area contributed by atoms with Gasteiger partial charge in [0.25, 0.3) is 0 Å². The van der Waals surface area contributed by atoms with Gasteiger partial charge >= 0.3 is 0 Å². The van der Waals surface area contributed by atoms with Crippen LogP contribution in [-0.4, -0.2) is 41.3 Å². The monoisotopic (exact) mass is 288 g/mol. The Balaban J connectivity index is 1.65. The van der Waals surface area contributed by atoms with Crippen LogP contribution in [0.5, 0.6) is 0 Å². The van der Waals surface area contributed by atoms with Crippen LogP contribution in [-0.2, 0) is 10.5 Å². The molecule has 0 saturated carbocycles. The highest BCUT2D eigenvalue weighted by Crippen LogP contribution is 2.23. The third-order valence-electron chi connectivity index (χ3n) is 3.10. The molecular formula is C14H16N4OS. The summed E-state index contributed by atoms with van der Waals surface area (Å²) in [4.78, 5) is 14.9. The number of aromatic nitrogens is 3. The van der Waals surface area contributed by atoms with E-state index in [-0.39, 0.29) is 0 Å². The Labute approximate surface area is 122 Å². The molecule has 0 aromatic carbocycles. The molecule has 20 heavy (non-hydrogen) atoms. The van der Waals surface area contributed by atoms with Gasteiger partial charge in [0.1, 0.15) is 17.2 Å². The molecule has 3 rings (SSSR count). The van der Waals surface area contributed by atoms with Gasteiger partial charge in [-0.05, 0) is 17.7 Å². The average Bonchev–Trinajstić information content (AvgIpc) is 2.55. The number of morpholine rings is 1. The van der Waals surface area contributed by atoms with Crippen LogP contribution in [0.15, 0.2) is 41.9 Å². The van der Waals surface area contributed by atoms with E-state index in [9.17, 15) is 0 Å². The van der Waals surface area contributed by atoms with Gasteiger partial charge in [-0.25, -0.2) is 9.97 Å². The number of anilines is 1. The van der Waals surface area contributed by atoms with Crippen LogP contribution < -0.4 is 4.90 Å². The zero-order valence-corrected chi connectivity index (χ0v) is 11.9. The minimum Gasteiger partial charge on any atom is -0.378 e. The zero-order chi connectivity index (χ0) is 13.6. The number of hydrogen-bond donors (Lipinski definition) is 0. The van der Waals surface area contributed by atoms with E-state index in [1.165, 1.54) is 5.56 Å². The lowest BCUT2D eigenvalue weighted by molar-refractivity contribution is 0.122. The summed E-state index contributed by atoms with van der Waals surface area (Å²) in [5.74, 6) is 1.88. The van der Waals surface area contributed by atoms with Crippen molar-refractivity contribution in [3.05, 3.63) is 42.5 Å². The Morgan fingerprint density at radius 3 is 2.75 bits per heavy atom. The van der Waals surface area contributed by atoms with Crippen molar-refractivity contribution in [3.63, 3.8) is 0 Å². The van der Waals surface area contributed by atoms with E-state index in [2.05, 4.69) is 25.9 Å². The molecule has 0 bridgehead atoms. The number of rotatable bonds is 4. The van der Waals surface area contributed by atoms with Crippen LogP contribution in [0.3, 0.4) is 0 Å². The summed E-state index contributed by atoms with van der Waals surface area (Å²) in [5.41, 5.74) is 1.25. The largest absolute Gasteiger partial charge is 0.378 e. The molecule has 0 spiro atoms. The van der Waals surface area contributed by atoms with E-state index in [0.29, 0.717) is 0 Å². The molecule has 0 aliphatic carbocycles. The van der Waals surface area contributed by atoms with E-state index in [4.69, 9.17) is 4.74 Å². The van der Waals surface area contributed by atoms with Crippen molar-refractivity contribution in [2.45, 2.75) is 10.8 Å². The first kappa shape index (κ1) is 13.3. The molecular weight excluding hydrogens is 272 g/mol. The molecule has 104 valence electrons. The van der Waals surface area contributed by atoms with E-state index in [0.717, 1.165) is 42.9 Å². The van der Waals surface area contributed by atoms with Crippen molar-refractivity contribution in [2.24, 2.45) is 0 Å². The summed E-state index contributed by atoms with van der Waals surface area (Å²) in [5, 5.41) is 0.998. The van der Waals surface area contributed by atoms with Crippen molar-refractivity contribution in [3.8, 4) is 0 Å². The molecule has 1 saturated heterocycles. The van der Waals surface area contributed by atoms with Gasteiger partial charge in [0.15, 0.2) is 0 Å². The highest BCUT2D eigenvalue weighted by atomic mass is 32.2. The summed E-state index contributed by atoms with van der Waals surface area (Å²) in [6, 6.07) is 6.10. The fraction of sp³-hybridized carbons (Fsp3) is 0.357. The number of hydrogen-bond acceptors (Lipinski definition) is 6. The van der Waals surface area contributed by atoms with Crippen molar-refractivity contribution >= 4 is 17.6 Å². The van der Waals surface area contributed by atoms with E-state index >= 15 is 0 Å². The lowest BCUT2D eigenvalue weighted by Gasteiger charge is -2.27. The Morgan fingerprint density at radius 2 is 1.95 bits per heavy atom. The smallest absolute Gasteiger partial charge is 0.133 e. The predicted octanol–water partition coefficient (Wildman–Crippen LogP) is 2.00. The maximum atomic E-state index is 5.36. The second kappa shape index (κ2) is 6.67. The van der Waals surface area contributed by atoms with E-state index in [1.54, 1.807) is 18.1 Å². The average molecular weight is 288 g/mol. The fourth-order valence-electron chi connectivity index (χ4n) is 2.01. The number of pyridine rings is 1. The van der Waals surface area contributed by atoms with Gasteiger partial charge < -0.3 is 9.64 Å². The SMILES string of the molecule is c1cc(CSc2cc(N3CCOCC3)ncn2)ccn1. The number of ether oxygens (including phenoxy) is 1. The molecule has 0 amide bonds. The lowest BCUT2D eigenvalue weighted by Crippen LogP contribution is -2.36. The standard InChI is InChI=1S/C14H16N4OS/c1-3-15-4-2-12(1)10-20-14-9-13(16-11-17-14)18-5-7-19-8-6-18/h1-4,9,11H,5-8,10H2. The lowest BCUT2D eigenvalue weighted by atomic mass is 10.3. The van der Waals surface area contributed by atoms with Crippen LogP contribution in [0.4, 0.5) is 5.82 Å². The minimum atomic E-state index is 0.767. The van der Waals surface area contributed by atoms with Gasteiger partial charge in [0, 0.05) is 37.3 Å². The summed E-state index contributed by atoms with van der Waals surface area (Å²) in [6.45, 7) is 3.32. The van der Waals surface area contributed by atoms with E-state index < -0.39 is 0 Å². The second-order valence-corrected chi connectivity index (χ2v) is 5.45. The Kier molecular flexibility index (Phi) is 4.45. The van der Waals surface area contributed by atoms with Crippen molar-refractivity contribution in [1.82, 2.24) is 15.0 Å². The van der Waals surface area contributed by atoms with Crippen LogP contribution in [0.2, 0.25) is 0 Å². The van der Waals surface area contributed by atoms with Gasteiger partial charge in [-0.1, -0.05) is 0 Å². The summed E-state index contributed by atoms with van der Waals surface area (Å²) in [7, 11) is 0. The maximum absolute atomic E-state index is 5.36. The maximum Gasteiger partial charge on any atom is 0.133 e. The van der Waals surface area contributed by atoms with Crippen molar-refractivity contribution in [1.29, 1.82) is 0 Å². The van der Waals surface area contributed by atoms with Crippen molar-refractivity contribution in [2.75, 3.05) is 31.2 Å². The minimum absolute atomic E-state index is 0.767. The molecule has 2 aromatic rings. The first-order valence-corrected chi connectivity index (χ1v) is 7.57. The van der Waals surface area contributed by atoms with Gasteiger partial charge in [0.05, 0.1) is 13.2 Å². The van der Waals surface area contributed by atoms with Crippen molar-refractivity contribution < 1.29 is 4.74 Å². The number of nitrogens with zero attached hydrogens (tertiary/aromatic N) is 4. The third-order valence-corrected chi connectivity index (χ3v) is 4.10. The van der Waals surface area contributed by atoms with Crippen LogP contribution in [0, 0.1) is 0 Å². The molecule has 0 unspecified atom stereocenters. The van der Waals surface area contributed by atoms with E-state index in [1.807, 2.05) is 24.5 Å². The highest BCUT2D eigenvalue weighted by molar-refractivity contribution is 7.98. The molecule has 1 aliphatic rings. The molecule has 3 heterocycles. The first-order valence-electron chi connectivity index (χ1n) is 6.58. The molecule has 1 aliphatic heterocycles. The molecule has 1 fully saturated rings. The molecule has 0 atom stereocenters. The van der Waals surface area contributed by atoms with Gasteiger partial charge in [0.2, 0.25) is 0 Å². The Morgan fingerprint density at radius 1 is 1.15 bits per heavy atom. The zero-order valence-electron chi connectivity index (χ0n) is 11.1. The quantitative estimate of drug-likeness (QED) is 0.633. The fourth-order valence-corrected chi connectivity index (χ4v) is 2.83. The Hall–Kier alpha value is -1.66. The second-order valence-electron chi connectivity index (χ2n) is 4.46. The third kappa shape index (κ3) is 3.46. The van der Waals surface area contributed by atoms with Gasteiger partial charge in [-0.3, -0.25) is 4.98 Å². The number of thioether (sulfide) groups is 1. The molecule has 6 heteroatoms. The first-order chi connectivity index (χ1) is 9.92. The summed E-state index contributed by atoms with van der Waals surface area (Å²) >= 11 is 1.71. The molecule has 5 nitrogen and oxygen atoms in total. The van der Waals surface area contributed by atoms with Crippen LogP contribution in [0.1, 0.15) is 5.56 Å². The summed E-state index contributed by atoms with van der Waals surface area (Å²) in [6.07, 6.45) is 5.27. The van der Waals surface area contributed by atoms with Gasteiger partial charge in [-0.15, -0.1) is 11.8 Å². The highest BCUT2D eigenvalue weighted by Gasteiger charge is 2.13. The normalized spacial score (nSPS) is 15.3.